The van der Waals surface area contributed by atoms with Crippen LogP contribution >= 0.6 is 11.6 Å². The van der Waals surface area contributed by atoms with Gasteiger partial charge in [-0.1, -0.05) is 54.1 Å². The van der Waals surface area contributed by atoms with Gasteiger partial charge in [-0.3, -0.25) is 4.90 Å². The van der Waals surface area contributed by atoms with Crippen LogP contribution in [-0.2, 0) is 13.0 Å². The molecule has 2 aromatic carbocycles. The Kier molecular flexibility index (Phi) is 5.66. The summed E-state index contributed by atoms with van der Waals surface area (Å²) in [4.78, 5) is 13.9. The number of nitrogens with zero attached hydrogens (tertiary/aromatic N) is 4. The zero-order chi connectivity index (χ0) is 18.5. The Morgan fingerprint density at radius 3 is 2.07 bits per heavy atom. The quantitative estimate of drug-likeness (QED) is 0.670. The molecule has 0 spiro atoms. The van der Waals surface area contributed by atoms with Crippen molar-refractivity contribution >= 4 is 17.5 Å². The smallest absolute Gasteiger partial charge is 0.225 e. The van der Waals surface area contributed by atoms with E-state index in [-0.39, 0.29) is 0 Å². The molecule has 4 rings (SSSR count). The molecule has 0 saturated carbocycles. The molecule has 0 aliphatic carbocycles. The van der Waals surface area contributed by atoms with Gasteiger partial charge in [-0.15, -0.1) is 0 Å². The van der Waals surface area contributed by atoms with Gasteiger partial charge in [0.2, 0.25) is 5.95 Å². The topological polar surface area (TPSA) is 32.3 Å². The van der Waals surface area contributed by atoms with Crippen LogP contribution in [0.5, 0.6) is 0 Å². The number of rotatable bonds is 5. The fourth-order valence-corrected chi connectivity index (χ4v) is 3.51. The molecule has 2 heterocycles. The summed E-state index contributed by atoms with van der Waals surface area (Å²) in [6.07, 6.45) is 4.78. The fraction of sp³-hybridized carbons (Fsp3) is 0.273. The van der Waals surface area contributed by atoms with Gasteiger partial charge in [0.05, 0.1) is 0 Å². The van der Waals surface area contributed by atoms with Gasteiger partial charge in [0.1, 0.15) is 0 Å². The average Bonchev–Trinajstić information content (AvgIpc) is 2.72. The first-order chi connectivity index (χ1) is 13.3. The second-order valence-electron chi connectivity index (χ2n) is 6.94. The first-order valence-corrected chi connectivity index (χ1v) is 9.71. The molecule has 138 valence electrons. The lowest BCUT2D eigenvalue weighted by atomic mass is 10.1. The van der Waals surface area contributed by atoms with Crippen LogP contribution in [0.1, 0.15) is 16.7 Å². The van der Waals surface area contributed by atoms with E-state index in [1.165, 1.54) is 11.1 Å². The molecule has 1 aliphatic rings. The second-order valence-corrected chi connectivity index (χ2v) is 7.38. The number of anilines is 1. The zero-order valence-corrected chi connectivity index (χ0v) is 16.0. The molecule has 4 nitrogen and oxygen atoms in total. The van der Waals surface area contributed by atoms with Crippen LogP contribution in [-0.4, -0.2) is 41.0 Å². The average molecular weight is 379 g/mol. The first kappa shape index (κ1) is 18.0. The second kappa shape index (κ2) is 8.51. The highest BCUT2D eigenvalue weighted by Crippen LogP contribution is 2.16. The summed E-state index contributed by atoms with van der Waals surface area (Å²) >= 11 is 5.96. The van der Waals surface area contributed by atoms with Crippen molar-refractivity contribution in [1.82, 2.24) is 14.9 Å². The highest BCUT2D eigenvalue weighted by Gasteiger charge is 2.19. The van der Waals surface area contributed by atoms with E-state index in [1.807, 2.05) is 30.6 Å². The van der Waals surface area contributed by atoms with Gasteiger partial charge in [-0.2, -0.15) is 0 Å². The predicted octanol–water partition coefficient (Wildman–Crippen LogP) is 4.04. The maximum atomic E-state index is 5.96. The number of aromatic nitrogens is 2. The van der Waals surface area contributed by atoms with Gasteiger partial charge in [0, 0.05) is 56.6 Å². The summed E-state index contributed by atoms with van der Waals surface area (Å²) in [6.45, 7) is 4.88. The Bertz CT molecular complexity index is 842. The van der Waals surface area contributed by atoms with E-state index in [9.17, 15) is 0 Å². The maximum Gasteiger partial charge on any atom is 0.225 e. The Morgan fingerprint density at radius 1 is 0.741 bits per heavy atom. The largest absolute Gasteiger partial charge is 0.338 e. The predicted molar refractivity (Wildman–Crippen MR) is 110 cm³/mol. The van der Waals surface area contributed by atoms with Crippen LogP contribution in [0.3, 0.4) is 0 Å². The van der Waals surface area contributed by atoms with Crippen LogP contribution in [0.4, 0.5) is 5.95 Å². The Balaban J connectivity index is 1.30. The van der Waals surface area contributed by atoms with E-state index in [2.05, 4.69) is 56.2 Å². The van der Waals surface area contributed by atoms with Crippen LogP contribution in [0.25, 0.3) is 0 Å². The van der Waals surface area contributed by atoms with Gasteiger partial charge in [0.15, 0.2) is 0 Å². The number of hydrogen-bond acceptors (Lipinski definition) is 4. The van der Waals surface area contributed by atoms with Crippen molar-refractivity contribution in [1.29, 1.82) is 0 Å². The molecular weight excluding hydrogens is 356 g/mol. The summed E-state index contributed by atoms with van der Waals surface area (Å²) in [7, 11) is 0. The van der Waals surface area contributed by atoms with E-state index >= 15 is 0 Å². The minimum Gasteiger partial charge on any atom is -0.338 e. The van der Waals surface area contributed by atoms with Crippen molar-refractivity contribution < 1.29 is 0 Å². The van der Waals surface area contributed by atoms with E-state index in [0.29, 0.717) is 0 Å². The molecule has 3 aromatic rings. The lowest BCUT2D eigenvalue weighted by Gasteiger charge is -2.34. The zero-order valence-electron chi connectivity index (χ0n) is 15.3. The van der Waals surface area contributed by atoms with Crippen molar-refractivity contribution in [2.45, 2.75) is 13.0 Å². The Hall–Kier alpha value is -2.43. The minimum atomic E-state index is 0.788. The van der Waals surface area contributed by atoms with Crippen molar-refractivity contribution in [2.24, 2.45) is 0 Å². The van der Waals surface area contributed by atoms with Gasteiger partial charge in [0.25, 0.3) is 0 Å². The Morgan fingerprint density at radius 2 is 1.41 bits per heavy atom. The fourth-order valence-electron chi connectivity index (χ4n) is 3.39. The third-order valence-electron chi connectivity index (χ3n) is 4.92. The van der Waals surface area contributed by atoms with Crippen molar-refractivity contribution in [3.63, 3.8) is 0 Å². The van der Waals surface area contributed by atoms with E-state index in [1.54, 1.807) is 0 Å². The van der Waals surface area contributed by atoms with Crippen molar-refractivity contribution in [3.8, 4) is 0 Å². The van der Waals surface area contributed by atoms with Crippen LogP contribution in [0, 0.1) is 0 Å². The first-order valence-electron chi connectivity index (χ1n) is 9.33. The summed E-state index contributed by atoms with van der Waals surface area (Å²) in [5.41, 5.74) is 3.73. The molecule has 27 heavy (non-hydrogen) atoms. The van der Waals surface area contributed by atoms with E-state index in [4.69, 9.17) is 11.6 Å². The monoisotopic (exact) mass is 378 g/mol. The number of hydrogen-bond donors (Lipinski definition) is 0. The SMILES string of the molecule is Clc1ccc(CN2CCN(c3ncc(Cc4ccccc4)cn3)CC2)cc1. The maximum absolute atomic E-state index is 5.96. The lowest BCUT2D eigenvalue weighted by molar-refractivity contribution is 0.248. The van der Waals surface area contributed by atoms with Crippen LogP contribution in [0.2, 0.25) is 5.02 Å². The molecule has 0 atom stereocenters. The number of piperazine rings is 1. The van der Waals surface area contributed by atoms with Crippen LogP contribution < -0.4 is 4.90 Å². The Labute approximate surface area is 165 Å². The third-order valence-corrected chi connectivity index (χ3v) is 5.17. The molecule has 1 aliphatic heterocycles. The van der Waals surface area contributed by atoms with Gasteiger partial charge in [-0.05, 0) is 28.8 Å². The molecule has 5 heteroatoms. The minimum absolute atomic E-state index is 0.788. The van der Waals surface area contributed by atoms with Gasteiger partial charge in [-0.25, -0.2) is 9.97 Å². The van der Waals surface area contributed by atoms with E-state index < -0.39 is 0 Å². The normalized spacial score (nSPS) is 15.1. The summed E-state index contributed by atoms with van der Waals surface area (Å²) in [5, 5.41) is 0.788. The molecule has 0 N–H and O–H groups in total. The summed E-state index contributed by atoms with van der Waals surface area (Å²) < 4.78 is 0. The highest BCUT2D eigenvalue weighted by molar-refractivity contribution is 6.30. The number of benzene rings is 2. The molecule has 1 saturated heterocycles. The number of halogens is 1. The molecule has 1 aromatic heterocycles. The molecule has 0 unspecified atom stereocenters. The summed E-state index contributed by atoms with van der Waals surface area (Å²) in [5.74, 6) is 0.831. The lowest BCUT2D eigenvalue weighted by Crippen LogP contribution is -2.46. The van der Waals surface area contributed by atoms with Crippen molar-refractivity contribution in [3.05, 3.63) is 88.7 Å². The molecule has 0 amide bonds. The van der Waals surface area contributed by atoms with Crippen molar-refractivity contribution in [2.75, 3.05) is 31.1 Å². The van der Waals surface area contributed by atoms with Crippen LogP contribution in [0.15, 0.2) is 67.0 Å². The molecule has 0 radical (unpaired) electrons. The molecule has 1 fully saturated rings. The van der Waals surface area contributed by atoms with Gasteiger partial charge >= 0.3 is 0 Å². The summed E-state index contributed by atoms with van der Waals surface area (Å²) in [6, 6.07) is 18.5. The third kappa shape index (κ3) is 4.85. The standard InChI is InChI=1S/C22H23ClN4/c23-21-8-6-19(7-9-21)17-26-10-12-27(13-11-26)22-24-15-20(16-25-22)14-18-4-2-1-3-5-18/h1-9,15-16H,10-14,17H2. The molecular formula is C22H23ClN4. The van der Waals surface area contributed by atoms with Gasteiger partial charge < -0.3 is 4.90 Å². The highest BCUT2D eigenvalue weighted by atomic mass is 35.5. The molecule has 0 bridgehead atoms. The van der Waals surface area contributed by atoms with E-state index in [0.717, 1.165) is 55.7 Å².